The molecule has 110 heavy (non-hydrogen) atoms. The van der Waals surface area contributed by atoms with Crippen LogP contribution in [0.2, 0.25) is 0 Å². The molecule has 0 bridgehead atoms. The summed E-state index contributed by atoms with van der Waals surface area (Å²) in [6.07, 6.45) is 5.28. The van der Waals surface area contributed by atoms with Crippen LogP contribution in [0.3, 0.4) is 0 Å². The van der Waals surface area contributed by atoms with E-state index in [4.69, 9.17) is 19.9 Å². The van der Waals surface area contributed by atoms with Gasteiger partial charge < -0.3 is 61.6 Å². The largest absolute Gasteiger partial charge is 0.444 e. The number of carbonyl (C=O) groups excluding carboxylic acids is 11. The summed E-state index contributed by atoms with van der Waals surface area (Å²) in [6.45, 7) is 22.3. The Labute approximate surface area is 654 Å². The quantitative estimate of drug-likeness (QED) is 0.0160. The highest BCUT2D eigenvalue weighted by Gasteiger charge is 2.45. The number of nitrogens with one attached hydrogen (secondary N) is 6. The van der Waals surface area contributed by atoms with E-state index >= 15 is 0 Å². The smallest absolute Gasteiger partial charge is 0.414 e. The molecular weight excluding hydrogens is 1420 g/mol. The lowest BCUT2D eigenvalue weighted by atomic mass is 9.89. The van der Waals surface area contributed by atoms with Gasteiger partial charge in [-0.1, -0.05) is 144 Å². The standard InChI is InChI=1S/C82H123N13O14S/c1-17-54(10)72(65(107-15)48-68(98)94-43-25-29-64(94)73(108-16)55(11)74(99)88-63(78-84-41-45-110-78)46-57-26-20-18-21-27-57)93(14)80(104)70(52(6)7)90-77(102)71(53(8)9)91(12)44-39-56-33-37-60(38-34-56)92(13)82(106)109-49-58-31-35-59(36-32-58)86-75(100)62(28-24-40-85-81(83)105)87-76(101)69(51(4)5)89-66(96)30-22-19-23-42-95-67(97)47-61(50(2)3)79(95)103/h18,20-21,26-27,31-38,41,45,50-55,61-65,69-73H,17,19,22-25,28-30,39-40,42-44,46-49H2,1-16H3,(H,86,100)(H,87,101)(H,88,99)(H,89,96)(H,90,102)(H3,83,85,105)/t54-,55+,61?,62-,63-,64-,65+,69-,70-,71-,72-,73+/m0/s1. The van der Waals surface area contributed by atoms with Crippen LogP contribution < -0.4 is 42.5 Å². The number of anilines is 2. The third-order valence-corrected chi connectivity index (χ3v) is 22.3. The molecule has 27 nitrogen and oxygen atoms in total. The summed E-state index contributed by atoms with van der Waals surface area (Å²) in [5, 5.41) is 20.0. The number of rotatable bonds is 44. The molecule has 3 aromatic carbocycles. The fourth-order valence-corrected chi connectivity index (χ4v) is 15.4. The van der Waals surface area contributed by atoms with Gasteiger partial charge in [0.1, 0.15) is 29.7 Å². The number of amides is 12. The minimum atomic E-state index is -1.08. The molecule has 1 aromatic heterocycles. The maximum atomic E-state index is 14.9. The van der Waals surface area contributed by atoms with Gasteiger partial charge in [0.2, 0.25) is 53.2 Å². The van der Waals surface area contributed by atoms with Crippen LogP contribution in [-0.2, 0) is 76.8 Å². The van der Waals surface area contributed by atoms with E-state index in [9.17, 15) is 52.7 Å². The van der Waals surface area contributed by atoms with Crippen LogP contribution in [-0.4, -0.2) is 200 Å². The second-order valence-corrected chi connectivity index (χ2v) is 31.8. The molecule has 2 fully saturated rings. The first kappa shape index (κ1) is 90.0. The zero-order chi connectivity index (χ0) is 81.1. The molecule has 0 spiro atoms. The topological polar surface area (TPSA) is 343 Å². The zero-order valence-electron chi connectivity index (χ0n) is 67.5. The molecule has 4 aromatic rings. The number of hydrogen-bond acceptors (Lipinski definition) is 17. The van der Waals surface area contributed by atoms with Crippen molar-refractivity contribution < 1.29 is 67.0 Å². The average Bonchev–Trinajstić information content (AvgIpc) is 1.69. The summed E-state index contributed by atoms with van der Waals surface area (Å²) in [7, 11) is 8.34. The van der Waals surface area contributed by atoms with Crippen molar-refractivity contribution in [3.05, 3.63) is 112 Å². The number of carbonyl (C=O) groups is 11. The van der Waals surface area contributed by atoms with E-state index in [2.05, 4.69) is 36.9 Å². The van der Waals surface area contributed by atoms with E-state index in [1.54, 1.807) is 77.5 Å². The summed E-state index contributed by atoms with van der Waals surface area (Å²) in [4.78, 5) is 162. The van der Waals surface area contributed by atoms with Crippen LogP contribution >= 0.6 is 11.3 Å². The fraction of sp³-hybridized carbons (Fsp3) is 0.610. The van der Waals surface area contributed by atoms with E-state index in [1.807, 2.05) is 139 Å². The van der Waals surface area contributed by atoms with Crippen molar-refractivity contribution in [2.45, 2.75) is 221 Å². The molecule has 2 aliphatic rings. The van der Waals surface area contributed by atoms with Crippen LogP contribution in [0.25, 0.3) is 0 Å². The second-order valence-electron chi connectivity index (χ2n) is 30.9. The predicted octanol–water partition coefficient (Wildman–Crippen LogP) is 9.18. The first-order chi connectivity index (χ1) is 52.3. The highest BCUT2D eigenvalue weighted by Crippen LogP contribution is 2.32. The number of ether oxygens (including phenoxy) is 3. The number of aromatic nitrogens is 1. The number of primary amides is 1. The van der Waals surface area contributed by atoms with Gasteiger partial charge in [-0.05, 0) is 129 Å². The lowest BCUT2D eigenvalue weighted by Gasteiger charge is -2.41. The third-order valence-electron chi connectivity index (χ3n) is 21.4. The second kappa shape index (κ2) is 44.3. The average molecular weight is 1550 g/mol. The fourth-order valence-electron chi connectivity index (χ4n) is 14.7. The van der Waals surface area contributed by atoms with Gasteiger partial charge in [0, 0.05) is 96.2 Å². The van der Waals surface area contributed by atoms with Gasteiger partial charge in [-0.3, -0.25) is 57.9 Å². The molecule has 0 radical (unpaired) electrons. The number of thiazole rings is 1. The van der Waals surface area contributed by atoms with Crippen molar-refractivity contribution >= 4 is 88.0 Å². The summed E-state index contributed by atoms with van der Waals surface area (Å²) in [6, 6.07) is 18.4. The van der Waals surface area contributed by atoms with Crippen molar-refractivity contribution in [2.24, 2.45) is 47.2 Å². The number of benzene rings is 3. The Bertz CT molecular complexity index is 3640. The Morgan fingerprint density at radius 1 is 0.718 bits per heavy atom. The van der Waals surface area contributed by atoms with E-state index in [1.165, 1.54) is 21.1 Å². The first-order valence-corrected chi connectivity index (χ1v) is 39.9. The van der Waals surface area contributed by atoms with Crippen molar-refractivity contribution in [3.8, 4) is 0 Å². The van der Waals surface area contributed by atoms with Crippen molar-refractivity contribution in [2.75, 3.05) is 71.8 Å². The number of methoxy groups -OCH3 is 2. The Morgan fingerprint density at radius 2 is 1.39 bits per heavy atom. The van der Waals surface area contributed by atoms with Gasteiger partial charge in [-0.2, -0.15) is 0 Å². The molecule has 6 rings (SSSR count). The van der Waals surface area contributed by atoms with Crippen LogP contribution in [0.4, 0.5) is 21.0 Å². The van der Waals surface area contributed by atoms with Crippen LogP contribution in [0.15, 0.2) is 90.4 Å². The Hall–Kier alpha value is -8.86. The Morgan fingerprint density at radius 3 is 1.98 bits per heavy atom. The number of imide groups is 1. The highest BCUT2D eigenvalue weighted by atomic mass is 32.1. The molecule has 1 unspecified atom stereocenters. The lowest BCUT2D eigenvalue weighted by molar-refractivity contribution is -0.148. The number of nitrogens with zero attached hydrogens (tertiary/aromatic N) is 6. The molecule has 2 aliphatic heterocycles. The monoisotopic (exact) mass is 1550 g/mol. The van der Waals surface area contributed by atoms with E-state index in [0.29, 0.717) is 81.5 Å². The molecule has 12 amide bonds. The Balaban J connectivity index is 0.984. The Kier molecular flexibility index (Phi) is 36.2. The molecule has 606 valence electrons. The number of unbranched alkanes of at least 4 members (excludes halogenated alkanes) is 2. The van der Waals surface area contributed by atoms with E-state index in [-0.39, 0.29) is 134 Å². The molecule has 3 heterocycles. The highest BCUT2D eigenvalue weighted by molar-refractivity contribution is 7.09. The maximum absolute atomic E-state index is 14.9. The van der Waals surface area contributed by atoms with Gasteiger partial charge in [0.25, 0.3) is 0 Å². The lowest BCUT2D eigenvalue weighted by Crippen LogP contribution is -2.60. The zero-order valence-corrected chi connectivity index (χ0v) is 68.3. The van der Waals surface area contributed by atoms with Gasteiger partial charge in [-0.15, -0.1) is 11.3 Å². The molecule has 8 N–H and O–H groups in total. The minimum absolute atomic E-state index is 0.0260. The first-order valence-electron chi connectivity index (χ1n) is 39.0. The van der Waals surface area contributed by atoms with Gasteiger partial charge in [0.15, 0.2) is 0 Å². The maximum Gasteiger partial charge on any atom is 0.414 e. The molecule has 0 saturated carbocycles. The van der Waals surface area contributed by atoms with Gasteiger partial charge in [0.05, 0.1) is 48.7 Å². The molecule has 2 saturated heterocycles. The molecule has 0 aliphatic carbocycles. The number of urea groups is 1. The number of nitrogens with two attached hydrogens (primary N) is 1. The third kappa shape index (κ3) is 26.1. The summed E-state index contributed by atoms with van der Waals surface area (Å²) < 4.78 is 18.0. The van der Waals surface area contributed by atoms with Gasteiger partial charge in [-0.25, -0.2) is 14.6 Å². The number of hydrogen-bond donors (Lipinski definition) is 7. The van der Waals surface area contributed by atoms with Crippen LogP contribution in [0.5, 0.6) is 0 Å². The van der Waals surface area contributed by atoms with E-state index in [0.717, 1.165) is 22.6 Å². The minimum Gasteiger partial charge on any atom is -0.444 e. The van der Waals surface area contributed by atoms with Crippen molar-refractivity contribution in [3.63, 3.8) is 0 Å². The molecule has 12 atom stereocenters. The molecular formula is C82H123N13O14S. The number of likely N-dealkylation sites (N-methyl/N-ethyl adjacent to an activating group) is 2. The van der Waals surface area contributed by atoms with Crippen LogP contribution in [0.1, 0.15) is 175 Å². The summed E-state index contributed by atoms with van der Waals surface area (Å²) >= 11 is 1.48. The predicted molar refractivity (Wildman–Crippen MR) is 425 cm³/mol. The van der Waals surface area contributed by atoms with Crippen molar-refractivity contribution in [1.29, 1.82) is 0 Å². The SMILES string of the molecule is CC[C@H](C)[C@@H]([C@@H](CC(=O)N1CCC[C@H]1[C@H](OC)[C@@H](C)C(=O)N[C@@H](Cc1ccccc1)c1nccs1)OC)N(C)C(=O)[C@@H](NC(=O)[C@H](C(C)C)N(C)CCc1ccc(N(C)C(=O)OCc2ccc(NC(=O)[C@H](CCCNC(N)=O)NC(=O)[C@@H](NC(=O)CCCCCN3C(=O)CC(C(C)C)C3=O)C(C)C)cc2)cc1)C(C)C. The van der Waals surface area contributed by atoms with Crippen molar-refractivity contribution in [1.82, 2.24) is 51.2 Å². The number of likely N-dealkylation sites (tertiary alicyclic amines) is 2. The molecule has 28 heteroatoms. The normalized spacial score (nSPS) is 17.2. The summed E-state index contributed by atoms with van der Waals surface area (Å²) in [5.74, 6) is -4.52. The van der Waals surface area contributed by atoms with E-state index < -0.39 is 72.3 Å². The van der Waals surface area contributed by atoms with Gasteiger partial charge >= 0.3 is 12.1 Å². The summed E-state index contributed by atoms with van der Waals surface area (Å²) in [5.41, 5.74) is 8.87. The van der Waals surface area contributed by atoms with Crippen LogP contribution in [0, 0.1) is 41.4 Å².